The van der Waals surface area contributed by atoms with Crippen molar-refractivity contribution in [2.45, 2.75) is 17.9 Å². The Kier molecular flexibility index (Phi) is 6.14. The van der Waals surface area contributed by atoms with E-state index in [2.05, 4.69) is 15.1 Å². The Morgan fingerprint density at radius 3 is 2.86 bits per heavy atom. The van der Waals surface area contributed by atoms with Gasteiger partial charge in [-0.2, -0.15) is 5.10 Å². The molecule has 1 atom stereocenters. The maximum atomic E-state index is 12.0. The van der Waals surface area contributed by atoms with E-state index in [4.69, 9.17) is 0 Å². The van der Waals surface area contributed by atoms with Crippen LogP contribution in [0.4, 0.5) is 0 Å². The molecule has 0 saturated carbocycles. The fourth-order valence-electron chi connectivity index (χ4n) is 2.09. The Bertz CT molecular complexity index is 588. The van der Waals surface area contributed by atoms with E-state index in [1.54, 1.807) is 11.9 Å². The molecule has 10 heteroatoms. The van der Waals surface area contributed by atoms with E-state index in [-0.39, 0.29) is 35.8 Å². The normalized spacial score (nSPS) is 19.1. The molecule has 0 aliphatic carbocycles. The van der Waals surface area contributed by atoms with Crippen molar-refractivity contribution >= 4 is 28.3 Å². The highest BCUT2D eigenvalue weighted by molar-refractivity contribution is 7.89. The first-order valence-electron chi connectivity index (χ1n) is 6.38. The Morgan fingerprint density at radius 1 is 1.57 bits per heavy atom. The second-order valence-electron chi connectivity index (χ2n) is 4.81. The summed E-state index contributed by atoms with van der Waals surface area (Å²) in [6.45, 7) is 3.74. The van der Waals surface area contributed by atoms with E-state index in [0.29, 0.717) is 6.54 Å². The second-order valence-corrected chi connectivity index (χ2v) is 6.58. The average molecular weight is 338 g/mol. The molecule has 1 saturated heterocycles. The lowest BCUT2D eigenvalue weighted by atomic mass is 10.2. The minimum Gasteiger partial charge on any atom is -0.336 e. The van der Waals surface area contributed by atoms with Gasteiger partial charge in [0.25, 0.3) is 0 Å². The first kappa shape index (κ1) is 17.9. The molecule has 0 radical (unpaired) electrons. The molecule has 0 aromatic carbocycles. The summed E-state index contributed by atoms with van der Waals surface area (Å²) in [6, 6.07) is 0.0687. The summed E-state index contributed by atoms with van der Waals surface area (Å²) in [6.07, 6.45) is 2.64. The summed E-state index contributed by atoms with van der Waals surface area (Å²) >= 11 is 0. The molecule has 1 aromatic rings. The van der Waals surface area contributed by atoms with Crippen molar-refractivity contribution in [2.75, 3.05) is 26.2 Å². The van der Waals surface area contributed by atoms with Crippen LogP contribution < -0.4 is 10.0 Å². The van der Waals surface area contributed by atoms with Crippen LogP contribution in [0.15, 0.2) is 17.3 Å². The number of sulfonamides is 1. The fraction of sp³-hybridized carbons (Fsp3) is 0.636. The van der Waals surface area contributed by atoms with Crippen LogP contribution in [0.2, 0.25) is 0 Å². The van der Waals surface area contributed by atoms with Gasteiger partial charge in [0.2, 0.25) is 15.9 Å². The van der Waals surface area contributed by atoms with E-state index in [0.717, 1.165) is 13.1 Å². The van der Waals surface area contributed by atoms with E-state index >= 15 is 0 Å². The van der Waals surface area contributed by atoms with Crippen LogP contribution >= 0.6 is 12.4 Å². The molecular weight excluding hydrogens is 318 g/mol. The van der Waals surface area contributed by atoms with Gasteiger partial charge < -0.3 is 10.2 Å². The number of hydrogen-bond donors (Lipinski definition) is 2. The largest absolute Gasteiger partial charge is 0.336 e. The summed E-state index contributed by atoms with van der Waals surface area (Å²) in [5, 5.41) is 6.98. The van der Waals surface area contributed by atoms with Gasteiger partial charge >= 0.3 is 0 Å². The molecule has 2 heterocycles. The summed E-state index contributed by atoms with van der Waals surface area (Å²) in [4.78, 5) is 13.8. The maximum Gasteiger partial charge on any atom is 0.244 e. The van der Waals surface area contributed by atoms with Gasteiger partial charge in [-0.3, -0.25) is 9.48 Å². The van der Waals surface area contributed by atoms with Crippen molar-refractivity contribution in [1.29, 1.82) is 0 Å². The summed E-state index contributed by atoms with van der Waals surface area (Å²) < 4.78 is 27.6. The van der Waals surface area contributed by atoms with Crippen LogP contribution in [-0.4, -0.2) is 61.2 Å². The highest BCUT2D eigenvalue weighted by atomic mass is 35.5. The predicted molar refractivity (Wildman–Crippen MR) is 79.7 cm³/mol. The van der Waals surface area contributed by atoms with Crippen LogP contribution in [0.1, 0.15) is 6.92 Å². The summed E-state index contributed by atoms with van der Waals surface area (Å²) in [5.74, 6) is -0.216. The van der Waals surface area contributed by atoms with Crippen LogP contribution in [0, 0.1) is 0 Å². The van der Waals surface area contributed by atoms with Crippen LogP contribution in [0.5, 0.6) is 0 Å². The molecule has 21 heavy (non-hydrogen) atoms. The van der Waals surface area contributed by atoms with Crippen LogP contribution in [0.25, 0.3) is 0 Å². The van der Waals surface area contributed by atoms with Gasteiger partial charge in [-0.15, -0.1) is 12.4 Å². The second kappa shape index (κ2) is 7.21. The molecule has 1 unspecified atom stereocenters. The fourth-order valence-corrected chi connectivity index (χ4v) is 3.05. The van der Waals surface area contributed by atoms with E-state index in [9.17, 15) is 13.2 Å². The number of nitrogens with zero attached hydrogens (tertiary/aromatic N) is 3. The van der Waals surface area contributed by atoms with E-state index < -0.39 is 10.0 Å². The number of hydrogen-bond acceptors (Lipinski definition) is 5. The molecule has 1 amide bonds. The van der Waals surface area contributed by atoms with E-state index in [1.165, 1.54) is 17.1 Å². The summed E-state index contributed by atoms with van der Waals surface area (Å²) in [5.41, 5.74) is 0. The molecule has 8 nitrogen and oxygen atoms in total. The van der Waals surface area contributed by atoms with Gasteiger partial charge in [0.15, 0.2) is 0 Å². The van der Waals surface area contributed by atoms with Crippen LogP contribution in [-0.2, 0) is 21.9 Å². The van der Waals surface area contributed by atoms with Gasteiger partial charge in [-0.05, 0) is 6.92 Å². The average Bonchev–Trinajstić information content (AvgIpc) is 2.84. The highest BCUT2D eigenvalue weighted by Crippen LogP contribution is 2.07. The van der Waals surface area contributed by atoms with Crippen molar-refractivity contribution in [1.82, 2.24) is 24.7 Å². The third-order valence-corrected chi connectivity index (χ3v) is 4.58. The lowest BCUT2D eigenvalue weighted by Gasteiger charge is -2.34. The molecule has 1 fully saturated rings. The monoisotopic (exact) mass is 337 g/mol. The van der Waals surface area contributed by atoms with Gasteiger partial charge in [0, 0.05) is 38.9 Å². The first-order chi connectivity index (χ1) is 9.40. The molecule has 1 aliphatic heterocycles. The van der Waals surface area contributed by atoms with Crippen molar-refractivity contribution < 1.29 is 13.2 Å². The zero-order valence-corrected chi connectivity index (χ0v) is 13.6. The lowest BCUT2D eigenvalue weighted by Crippen LogP contribution is -2.54. The molecule has 120 valence electrons. The Labute approximate surface area is 130 Å². The number of amides is 1. The van der Waals surface area contributed by atoms with Gasteiger partial charge in [0.1, 0.15) is 4.90 Å². The van der Waals surface area contributed by atoms with Gasteiger partial charge in [0.05, 0.1) is 12.7 Å². The van der Waals surface area contributed by atoms with Gasteiger partial charge in [-0.1, -0.05) is 0 Å². The third kappa shape index (κ3) is 4.40. The number of carbonyl (C=O) groups excluding carboxylic acids is 1. The Morgan fingerprint density at radius 2 is 2.29 bits per heavy atom. The highest BCUT2D eigenvalue weighted by Gasteiger charge is 2.24. The predicted octanol–water partition coefficient (Wildman–Crippen LogP) is -1.06. The number of carbonyl (C=O) groups is 1. The number of aromatic nitrogens is 2. The topological polar surface area (TPSA) is 96.3 Å². The summed E-state index contributed by atoms with van der Waals surface area (Å²) in [7, 11) is -2.06. The number of piperazine rings is 1. The molecule has 0 bridgehead atoms. The molecule has 2 N–H and O–H groups in total. The molecule has 1 aromatic heterocycles. The molecule has 2 rings (SSSR count). The minimum atomic E-state index is -3.69. The standard InChI is InChI=1S/C11H19N5O3S.ClH/c1-9-5-12-3-4-16(9)11(17)7-14-20(18,19)10-6-13-15(2)8-10;/h6,8-9,12,14H,3-5,7H2,1-2H3;1H. The van der Waals surface area contributed by atoms with Crippen molar-refractivity contribution in [3.05, 3.63) is 12.4 Å². The zero-order valence-electron chi connectivity index (χ0n) is 11.9. The van der Waals surface area contributed by atoms with Gasteiger partial charge in [-0.25, -0.2) is 13.1 Å². The van der Waals surface area contributed by atoms with Crippen molar-refractivity contribution in [3.8, 4) is 0 Å². The zero-order chi connectivity index (χ0) is 14.8. The lowest BCUT2D eigenvalue weighted by molar-refractivity contribution is -0.132. The van der Waals surface area contributed by atoms with E-state index in [1.807, 2.05) is 6.92 Å². The molecular formula is C11H20ClN5O3S. The maximum absolute atomic E-state index is 12.0. The number of halogens is 1. The smallest absolute Gasteiger partial charge is 0.244 e. The Hall–Kier alpha value is -1.16. The number of nitrogens with one attached hydrogen (secondary N) is 2. The quantitative estimate of drug-likeness (QED) is 0.730. The SMILES string of the molecule is CC1CNCCN1C(=O)CNS(=O)(=O)c1cnn(C)c1.Cl. The number of rotatable bonds is 4. The minimum absolute atomic E-state index is 0. The van der Waals surface area contributed by atoms with Crippen molar-refractivity contribution in [3.63, 3.8) is 0 Å². The Balaban J connectivity index is 0.00000220. The number of aryl methyl sites for hydroxylation is 1. The van der Waals surface area contributed by atoms with Crippen LogP contribution in [0.3, 0.4) is 0 Å². The molecule has 1 aliphatic rings. The van der Waals surface area contributed by atoms with Crippen molar-refractivity contribution in [2.24, 2.45) is 7.05 Å². The molecule has 0 spiro atoms. The first-order valence-corrected chi connectivity index (χ1v) is 7.87. The third-order valence-electron chi connectivity index (χ3n) is 3.23.